The molecule has 2 heterocycles. The van der Waals surface area contributed by atoms with Gasteiger partial charge in [-0.25, -0.2) is 0 Å². The smallest absolute Gasteiger partial charge is 0.0860 e. The Bertz CT molecular complexity index is 383. The van der Waals surface area contributed by atoms with Crippen LogP contribution in [0, 0.1) is 6.92 Å². The molecule has 96 valence electrons. The molecule has 17 heavy (non-hydrogen) atoms. The van der Waals surface area contributed by atoms with E-state index in [1.807, 2.05) is 11.6 Å². The lowest BCUT2D eigenvalue weighted by atomic mass is 10.1. The summed E-state index contributed by atoms with van der Waals surface area (Å²) in [5.74, 6) is 0. The summed E-state index contributed by atoms with van der Waals surface area (Å²) >= 11 is 10.00. The third-order valence-corrected chi connectivity index (χ3v) is 4.75. The molecule has 2 rings (SSSR count). The van der Waals surface area contributed by atoms with E-state index >= 15 is 0 Å². The largest absolute Gasteiger partial charge is 0.297 e. The van der Waals surface area contributed by atoms with Crippen LogP contribution in [0.15, 0.2) is 0 Å². The predicted molar refractivity (Wildman–Crippen MR) is 74.9 cm³/mol. The number of alkyl halides is 1. The molecule has 3 nitrogen and oxygen atoms in total. The Balaban J connectivity index is 2.07. The Morgan fingerprint density at radius 3 is 2.65 bits per heavy atom. The van der Waals surface area contributed by atoms with E-state index in [1.54, 1.807) is 0 Å². The van der Waals surface area contributed by atoms with Crippen molar-refractivity contribution in [1.82, 2.24) is 14.7 Å². The monoisotopic (exact) mass is 319 g/mol. The minimum absolute atomic E-state index is 0.687. The van der Waals surface area contributed by atoms with Crippen LogP contribution in [-0.2, 0) is 13.1 Å². The van der Waals surface area contributed by atoms with E-state index in [4.69, 9.17) is 11.6 Å². The maximum atomic E-state index is 6.32. The normalized spacial score (nSPS) is 18.8. The molecule has 0 atom stereocenters. The molecule has 0 aliphatic carbocycles. The zero-order valence-electron chi connectivity index (χ0n) is 10.4. The second kappa shape index (κ2) is 5.72. The van der Waals surface area contributed by atoms with Crippen molar-refractivity contribution >= 4 is 27.5 Å². The molecule has 0 saturated carbocycles. The number of nitrogens with zero attached hydrogens (tertiary/aromatic N) is 3. The first-order valence-electron chi connectivity index (χ1n) is 6.20. The standard InChI is InChI=1S/C12H19BrClN3/c1-3-17-11(12(14)9(2)15-17)8-16-6-4-10(13)5-7-16/h10H,3-8H2,1-2H3. The number of halogens is 2. The SMILES string of the molecule is CCn1nc(C)c(Cl)c1CN1CCC(Br)CC1. The average Bonchev–Trinajstić information content (AvgIpc) is 2.59. The molecule has 0 bridgehead atoms. The number of hydrogen-bond acceptors (Lipinski definition) is 2. The van der Waals surface area contributed by atoms with Crippen LogP contribution in [0.4, 0.5) is 0 Å². The summed E-state index contributed by atoms with van der Waals surface area (Å²) in [5.41, 5.74) is 2.11. The fourth-order valence-electron chi connectivity index (χ4n) is 2.29. The third-order valence-electron chi connectivity index (χ3n) is 3.34. The Labute approximate surface area is 116 Å². The quantitative estimate of drug-likeness (QED) is 0.797. The molecular formula is C12H19BrClN3. The van der Waals surface area contributed by atoms with E-state index < -0.39 is 0 Å². The molecular weight excluding hydrogens is 302 g/mol. The highest BCUT2D eigenvalue weighted by atomic mass is 79.9. The topological polar surface area (TPSA) is 21.1 Å². The van der Waals surface area contributed by atoms with Crippen molar-refractivity contribution in [2.45, 2.75) is 44.6 Å². The lowest BCUT2D eigenvalue weighted by Crippen LogP contribution is -2.34. The molecule has 0 amide bonds. The highest BCUT2D eigenvalue weighted by molar-refractivity contribution is 9.09. The van der Waals surface area contributed by atoms with Gasteiger partial charge in [0.05, 0.1) is 16.4 Å². The Morgan fingerprint density at radius 1 is 1.41 bits per heavy atom. The van der Waals surface area contributed by atoms with E-state index in [1.165, 1.54) is 18.5 Å². The van der Waals surface area contributed by atoms with Crippen LogP contribution in [0.1, 0.15) is 31.2 Å². The van der Waals surface area contributed by atoms with E-state index in [2.05, 4.69) is 32.9 Å². The number of rotatable bonds is 3. The van der Waals surface area contributed by atoms with E-state index in [0.29, 0.717) is 4.83 Å². The third kappa shape index (κ3) is 3.04. The number of aromatic nitrogens is 2. The first-order chi connectivity index (χ1) is 8.11. The van der Waals surface area contributed by atoms with Gasteiger partial charge < -0.3 is 0 Å². The van der Waals surface area contributed by atoms with Crippen molar-refractivity contribution in [3.63, 3.8) is 0 Å². The summed E-state index contributed by atoms with van der Waals surface area (Å²) in [6.07, 6.45) is 2.44. The van der Waals surface area contributed by atoms with Crippen LogP contribution in [0.3, 0.4) is 0 Å². The van der Waals surface area contributed by atoms with Gasteiger partial charge in [-0.3, -0.25) is 9.58 Å². The first-order valence-corrected chi connectivity index (χ1v) is 7.49. The Hall–Kier alpha value is -0.0600. The molecule has 1 aliphatic heterocycles. The molecule has 1 aromatic heterocycles. The second-order valence-corrected chi connectivity index (χ2v) is 6.29. The molecule has 1 saturated heterocycles. The number of likely N-dealkylation sites (tertiary alicyclic amines) is 1. The molecule has 0 spiro atoms. The Kier molecular flexibility index (Phi) is 4.50. The van der Waals surface area contributed by atoms with Gasteiger partial charge >= 0.3 is 0 Å². The molecule has 0 N–H and O–H groups in total. The van der Waals surface area contributed by atoms with E-state index in [-0.39, 0.29) is 0 Å². The van der Waals surface area contributed by atoms with Crippen molar-refractivity contribution in [2.75, 3.05) is 13.1 Å². The fraction of sp³-hybridized carbons (Fsp3) is 0.750. The lowest BCUT2D eigenvalue weighted by molar-refractivity contribution is 0.220. The van der Waals surface area contributed by atoms with Crippen LogP contribution in [0.5, 0.6) is 0 Å². The molecule has 5 heteroatoms. The summed E-state index contributed by atoms with van der Waals surface area (Å²) in [4.78, 5) is 3.15. The number of aryl methyl sites for hydroxylation is 2. The van der Waals surface area contributed by atoms with Gasteiger partial charge in [0.1, 0.15) is 0 Å². The summed E-state index contributed by atoms with van der Waals surface area (Å²) in [7, 11) is 0. The lowest BCUT2D eigenvalue weighted by Gasteiger charge is -2.29. The second-order valence-electron chi connectivity index (χ2n) is 4.61. The minimum Gasteiger partial charge on any atom is -0.297 e. The molecule has 1 fully saturated rings. The highest BCUT2D eigenvalue weighted by Crippen LogP contribution is 2.24. The van der Waals surface area contributed by atoms with Crippen molar-refractivity contribution in [2.24, 2.45) is 0 Å². The van der Waals surface area contributed by atoms with Crippen LogP contribution >= 0.6 is 27.5 Å². The maximum Gasteiger partial charge on any atom is 0.0860 e. The van der Waals surface area contributed by atoms with Crippen LogP contribution in [0.2, 0.25) is 5.02 Å². The fourth-order valence-corrected chi connectivity index (χ4v) is 2.90. The van der Waals surface area contributed by atoms with E-state index in [9.17, 15) is 0 Å². The highest BCUT2D eigenvalue weighted by Gasteiger charge is 2.20. The first kappa shape index (κ1) is 13.4. The van der Waals surface area contributed by atoms with Gasteiger partial charge in [-0.05, 0) is 39.8 Å². The van der Waals surface area contributed by atoms with Crippen LogP contribution < -0.4 is 0 Å². The zero-order valence-corrected chi connectivity index (χ0v) is 12.8. The Morgan fingerprint density at radius 2 is 2.06 bits per heavy atom. The average molecular weight is 321 g/mol. The van der Waals surface area contributed by atoms with Gasteiger partial charge in [-0.15, -0.1) is 0 Å². The van der Waals surface area contributed by atoms with Crippen LogP contribution in [0.25, 0.3) is 0 Å². The molecule has 1 aliphatic rings. The summed E-state index contributed by atoms with van der Waals surface area (Å²) in [6.45, 7) is 8.17. The van der Waals surface area contributed by atoms with Gasteiger partial charge in [-0.2, -0.15) is 5.10 Å². The number of hydrogen-bond donors (Lipinski definition) is 0. The summed E-state index contributed by atoms with van der Waals surface area (Å²) in [6, 6.07) is 0. The van der Waals surface area contributed by atoms with Crippen LogP contribution in [-0.4, -0.2) is 32.6 Å². The van der Waals surface area contributed by atoms with Crippen molar-refractivity contribution in [3.05, 3.63) is 16.4 Å². The number of piperidine rings is 1. The van der Waals surface area contributed by atoms with Crippen molar-refractivity contribution in [1.29, 1.82) is 0 Å². The zero-order chi connectivity index (χ0) is 12.4. The maximum absolute atomic E-state index is 6.32. The minimum atomic E-state index is 0.687. The summed E-state index contributed by atoms with van der Waals surface area (Å²) < 4.78 is 2.03. The van der Waals surface area contributed by atoms with Gasteiger partial charge in [-0.1, -0.05) is 27.5 Å². The van der Waals surface area contributed by atoms with Crippen molar-refractivity contribution in [3.8, 4) is 0 Å². The predicted octanol–water partition coefficient (Wildman–Crippen LogP) is 3.22. The molecule has 0 aromatic carbocycles. The molecule has 1 aromatic rings. The van der Waals surface area contributed by atoms with Gasteiger partial charge in [0.2, 0.25) is 0 Å². The van der Waals surface area contributed by atoms with Gasteiger partial charge in [0.25, 0.3) is 0 Å². The summed E-state index contributed by atoms with van der Waals surface area (Å²) in [5, 5.41) is 5.30. The van der Waals surface area contributed by atoms with Gasteiger partial charge in [0, 0.05) is 17.9 Å². The van der Waals surface area contributed by atoms with E-state index in [0.717, 1.165) is 36.9 Å². The molecule has 0 radical (unpaired) electrons. The molecule has 0 unspecified atom stereocenters. The van der Waals surface area contributed by atoms with Gasteiger partial charge in [0.15, 0.2) is 0 Å². The van der Waals surface area contributed by atoms with Crippen molar-refractivity contribution < 1.29 is 0 Å².